The van der Waals surface area contributed by atoms with E-state index in [1.54, 1.807) is 4.68 Å². The third-order valence-corrected chi connectivity index (χ3v) is 4.59. The van der Waals surface area contributed by atoms with E-state index in [9.17, 15) is 9.59 Å². The topological polar surface area (TPSA) is 92.7 Å². The molecule has 0 saturated heterocycles. The van der Waals surface area contributed by atoms with Crippen molar-refractivity contribution in [1.82, 2.24) is 19.7 Å². The number of hydrogen-bond acceptors (Lipinski definition) is 5. The first-order valence-corrected chi connectivity index (χ1v) is 9.68. The minimum atomic E-state index is -0.200. The first-order valence-electron chi connectivity index (χ1n) is 8.70. The lowest BCUT2D eigenvalue weighted by Crippen LogP contribution is -2.18. The van der Waals surface area contributed by atoms with Crippen molar-refractivity contribution in [1.29, 1.82) is 0 Å². The number of carbonyl (C=O) groups is 1. The van der Waals surface area contributed by atoms with E-state index >= 15 is 0 Å². The molecule has 0 aliphatic rings. The number of H-pyrrole nitrogens is 1. The highest BCUT2D eigenvalue weighted by molar-refractivity contribution is 7.99. The number of aromatic nitrogens is 4. The highest BCUT2D eigenvalue weighted by Crippen LogP contribution is 2.18. The van der Waals surface area contributed by atoms with Crippen LogP contribution < -0.4 is 10.9 Å². The molecule has 0 atom stereocenters. The fraction of sp³-hybridized carbons (Fsp3) is 0.263. The predicted molar refractivity (Wildman–Crippen MR) is 107 cm³/mol. The number of hydrogen-bond donors (Lipinski definition) is 2. The van der Waals surface area contributed by atoms with Gasteiger partial charge in [-0.1, -0.05) is 43.3 Å². The van der Waals surface area contributed by atoms with Gasteiger partial charge in [0.2, 0.25) is 5.91 Å². The number of benzene rings is 1. The number of rotatable bonds is 7. The van der Waals surface area contributed by atoms with Gasteiger partial charge in [0, 0.05) is 17.8 Å². The molecule has 2 heterocycles. The summed E-state index contributed by atoms with van der Waals surface area (Å²) in [4.78, 5) is 31.1. The first-order chi connectivity index (χ1) is 13.0. The molecule has 0 unspecified atom stereocenters. The highest BCUT2D eigenvalue weighted by atomic mass is 32.2. The second-order valence-corrected chi connectivity index (χ2v) is 7.01. The lowest BCUT2D eigenvalue weighted by Gasteiger charge is -2.09. The van der Waals surface area contributed by atoms with E-state index in [0.717, 1.165) is 29.9 Å². The number of aromatic amines is 1. The maximum atomic E-state index is 12.4. The van der Waals surface area contributed by atoms with Crippen molar-refractivity contribution in [3.05, 3.63) is 64.2 Å². The highest BCUT2D eigenvalue weighted by Gasteiger charge is 2.12. The molecule has 0 fully saturated rings. The quantitative estimate of drug-likeness (QED) is 0.483. The van der Waals surface area contributed by atoms with Crippen LogP contribution >= 0.6 is 11.8 Å². The Labute approximate surface area is 161 Å². The number of nitrogens with zero attached hydrogens (tertiary/aromatic N) is 3. The van der Waals surface area contributed by atoms with Crippen LogP contribution in [0.5, 0.6) is 0 Å². The van der Waals surface area contributed by atoms with E-state index in [2.05, 4.69) is 20.4 Å². The van der Waals surface area contributed by atoms with Gasteiger partial charge in [-0.3, -0.25) is 9.59 Å². The number of aryl methyl sites for hydroxylation is 2. The molecule has 2 N–H and O–H groups in total. The van der Waals surface area contributed by atoms with E-state index in [1.165, 1.54) is 17.8 Å². The minimum absolute atomic E-state index is 0.136. The molecule has 0 saturated carbocycles. The van der Waals surface area contributed by atoms with Crippen molar-refractivity contribution in [2.45, 2.75) is 31.8 Å². The average molecular weight is 383 g/mol. The van der Waals surface area contributed by atoms with Crippen LogP contribution in [0.4, 0.5) is 5.82 Å². The summed E-state index contributed by atoms with van der Waals surface area (Å²) in [5.41, 5.74) is 2.21. The van der Waals surface area contributed by atoms with Crippen LogP contribution in [0.1, 0.15) is 24.7 Å². The van der Waals surface area contributed by atoms with E-state index in [0.29, 0.717) is 11.0 Å². The lowest BCUT2D eigenvalue weighted by molar-refractivity contribution is -0.113. The number of para-hydroxylation sites is 1. The Kier molecular flexibility index (Phi) is 6.08. The Hall–Kier alpha value is -2.87. The predicted octanol–water partition coefficient (Wildman–Crippen LogP) is 2.95. The molecule has 0 aliphatic carbocycles. The van der Waals surface area contributed by atoms with E-state index in [-0.39, 0.29) is 17.2 Å². The second kappa shape index (κ2) is 8.68. The zero-order valence-corrected chi connectivity index (χ0v) is 16.0. The molecule has 140 valence electrons. The fourth-order valence-corrected chi connectivity index (χ4v) is 3.30. The molecule has 8 heteroatoms. The molecular weight excluding hydrogens is 362 g/mol. The molecule has 0 aliphatic heterocycles. The largest absolute Gasteiger partial charge is 0.310 e. The van der Waals surface area contributed by atoms with Gasteiger partial charge in [-0.25, -0.2) is 9.67 Å². The summed E-state index contributed by atoms with van der Waals surface area (Å²) in [5.74, 6) is 0.545. The van der Waals surface area contributed by atoms with E-state index in [4.69, 9.17) is 0 Å². The molecule has 2 aromatic heterocycles. The number of thioether (sulfide) groups is 1. The summed E-state index contributed by atoms with van der Waals surface area (Å²) < 4.78 is 1.69. The van der Waals surface area contributed by atoms with Crippen LogP contribution in [0.15, 0.2) is 52.4 Å². The van der Waals surface area contributed by atoms with E-state index in [1.807, 2.05) is 50.2 Å². The van der Waals surface area contributed by atoms with Gasteiger partial charge in [0.25, 0.3) is 5.56 Å². The Balaban J connectivity index is 1.68. The monoisotopic (exact) mass is 383 g/mol. The van der Waals surface area contributed by atoms with Gasteiger partial charge in [0.1, 0.15) is 5.82 Å². The summed E-state index contributed by atoms with van der Waals surface area (Å²) in [5, 5.41) is 7.76. The number of carbonyl (C=O) groups excluding carboxylic acids is 1. The standard InChI is InChI=1S/C19H21N5O2S/c1-3-7-14-11-17(25)22-19(20-14)27-12-18(26)21-16-10-13(2)23-24(16)15-8-5-4-6-9-15/h4-6,8-11H,3,7,12H2,1-2H3,(H,21,26)(H,20,22,25). The molecule has 7 nitrogen and oxygen atoms in total. The summed E-state index contributed by atoms with van der Waals surface area (Å²) >= 11 is 1.20. The molecule has 0 radical (unpaired) electrons. The fourth-order valence-electron chi connectivity index (χ4n) is 2.60. The molecule has 0 spiro atoms. The maximum Gasteiger partial charge on any atom is 0.251 e. The maximum absolute atomic E-state index is 12.4. The van der Waals surface area contributed by atoms with Crippen LogP contribution in [-0.2, 0) is 11.2 Å². The van der Waals surface area contributed by atoms with Gasteiger partial charge in [0.15, 0.2) is 5.16 Å². The van der Waals surface area contributed by atoms with Crippen molar-refractivity contribution >= 4 is 23.5 Å². The average Bonchev–Trinajstić information content (AvgIpc) is 3.01. The van der Waals surface area contributed by atoms with Gasteiger partial charge in [-0.15, -0.1) is 0 Å². The van der Waals surface area contributed by atoms with Crippen LogP contribution in [0.3, 0.4) is 0 Å². The number of nitrogens with one attached hydrogen (secondary N) is 2. The molecule has 3 aromatic rings. The van der Waals surface area contributed by atoms with Crippen molar-refractivity contribution in [3.8, 4) is 5.69 Å². The third kappa shape index (κ3) is 5.07. The summed E-state index contributed by atoms with van der Waals surface area (Å²) in [6.45, 7) is 3.90. The summed E-state index contributed by atoms with van der Waals surface area (Å²) in [6.07, 6.45) is 1.64. The second-order valence-electron chi connectivity index (χ2n) is 6.05. The smallest absolute Gasteiger partial charge is 0.251 e. The molecular formula is C19H21N5O2S. The van der Waals surface area contributed by atoms with Crippen LogP contribution in [-0.4, -0.2) is 31.4 Å². The summed E-state index contributed by atoms with van der Waals surface area (Å²) in [6, 6.07) is 12.9. The Morgan fingerprint density at radius 3 is 2.78 bits per heavy atom. The zero-order valence-electron chi connectivity index (χ0n) is 15.2. The van der Waals surface area contributed by atoms with E-state index < -0.39 is 0 Å². The van der Waals surface area contributed by atoms with Gasteiger partial charge < -0.3 is 10.3 Å². The van der Waals surface area contributed by atoms with Crippen molar-refractivity contribution in [2.75, 3.05) is 11.1 Å². The van der Waals surface area contributed by atoms with Crippen molar-refractivity contribution < 1.29 is 4.79 Å². The van der Waals surface area contributed by atoms with Gasteiger partial charge in [0.05, 0.1) is 17.1 Å². The van der Waals surface area contributed by atoms with Gasteiger partial charge in [-0.05, 0) is 25.5 Å². The Morgan fingerprint density at radius 1 is 1.26 bits per heavy atom. The van der Waals surface area contributed by atoms with Crippen molar-refractivity contribution in [2.24, 2.45) is 0 Å². The molecule has 1 aromatic carbocycles. The normalized spacial score (nSPS) is 10.7. The van der Waals surface area contributed by atoms with Crippen LogP contribution in [0, 0.1) is 6.92 Å². The molecule has 3 rings (SSSR count). The Morgan fingerprint density at radius 2 is 2.04 bits per heavy atom. The molecule has 27 heavy (non-hydrogen) atoms. The number of amides is 1. The van der Waals surface area contributed by atoms with Crippen LogP contribution in [0.2, 0.25) is 0 Å². The minimum Gasteiger partial charge on any atom is -0.310 e. The molecule has 1 amide bonds. The van der Waals surface area contributed by atoms with Crippen LogP contribution in [0.25, 0.3) is 5.69 Å². The van der Waals surface area contributed by atoms with Crippen molar-refractivity contribution in [3.63, 3.8) is 0 Å². The first kappa shape index (κ1) is 18.9. The summed E-state index contributed by atoms with van der Waals surface area (Å²) in [7, 11) is 0. The lowest BCUT2D eigenvalue weighted by atomic mass is 10.2. The third-order valence-electron chi connectivity index (χ3n) is 3.72. The zero-order chi connectivity index (χ0) is 19.2. The number of anilines is 1. The SMILES string of the molecule is CCCc1cc(=O)[nH]c(SCC(=O)Nc2cc(C)nn2-c2ccccc2)n1. The van der Waals surface area contributed by atoms with Gasteiger partial charge in [-0.2, -0.15) is 5.10 Å². The Bertz CT molecular complexity index is 981. The van der Waals surface area contributed by atoms with Gasteiger partial charge >= 0.3 is 0 Å². The molecule has 0 bridgehead atoms.